The molecule has 0 aromatic rings. The van der Waals surface area contributed by atoms with Crippen LogP contribution in [0.3, 0.4) is 0 Å². The number of hydrogen-bond acceptors (Lipinski definition) is 4. The Labute approximate surface area is 114 Å². The van der Waals surface area contributed by atoms with Crippen LogP contribution in [0.1, 0.15) is 39.5 Å². The van der Waals surface area contributed by atoms with Crippen LogP contribution in [-0.2, 0) is 14.3 Å². The molecule has 0 aromatic heterocycles. The van der Waals surface area contributed by atoms with Gasteiger partial charge in [0.2, 0.25) is 0 Å². The van der Waals surface area contributed by atoms with Gasteiger partial charge in [-0.1, -0.05) is 0 Å². The first-order valence-electron chi connectivity index (χ1n) is 7.24. The molecule has 2 bridgehead atoms. The SMILES string of the molecule is CCOC(=O)CC1CCC2CC1CN2C(=O)OCC. The molecule has 1 heterocycles. The van der Waals surface area contributed by atoms with E-state index in [9.17, 15) is 9.59 Å². The molecular weight excluding hydrogens is 246 g/mol. The highest BCUT2D eigenvalue weighted by atomic mass is 16.6. The Hall–Kier alpha value is -1.26. The van der Waals surface area contributed by atoms with Crippen LogP contribution in [0.25, 0.3) is 0 Å². The quantitative estimate of drug-likeness (QED) is 0.734. The Morgan fingerprint density at radius 2 is 1.89 bits per heavy atom. The minimum Gasteiger partial charge on any atom is -0.466 e. The maximum Gasteiger partial charge on any atom is 0.410 e. The lowest BCUT2D eigenvalue weighted by atomic mass is 9.78. The molecule has 3 atom stereocenters. The maximum absolute atomic E-state index is 11.8. The first kappa shape index (κ1) is 14.2. The van der Waals surface area contributed by atoms with E-state index in [1.54, 1.807) is 0 Å². The van der Waals surface area contributed by atoms with E-state index in [2.05, 4.69) is 0 Å². The smallest absolute Gasteiger partial charge is 0.410 e. The van der Waals surface area contributed by atoms with Gasteiger partial charge in [0, 0.05) is 19.0 Å². The lowest BCUT2D eigenvalue weighted by molar-refractivity contribution is -0.144. The van der Waals surface area contributed by atoms with Gasteiger partial charge in [0.1, 0.15) is 0 Å². The molecule has 3 unspecified atom stereocenters. The van der Waals surface area contributed by atoms with Crippen LogP contribution in [0.15, 0.2) is 0 Å². The first-order chi connectivity index (χ1) is 9.15. The highest BCUT2D eigenvalue weighted by Gasteiger charge is 2.43. The molecule has 2 aliphatic rings. The molecular formula is C14H23NO4. The summed E-state index contributed by atoms with van der Waals surface area (Å²) in [6.07, 6.45) is 3.26. The highest BCUT2D eigenvalue weighted by molar-refractivity contribution is 5.70. The summed E-state index contributed by atoms with van der Waals surface area (Å²) in [6.45, 7) is 5.23. The molecule has 0 aromatic carbocycles. The van der Waals surface area contributed by atoms with Gasteiger partial charge in [-0.2, -0.15) is 0 Å². The lowest BCUT2D eigenvalue weighted by Gasteiger charge is -2.27. The lowest BCUT2D eigenvalue weighted by Crippen LogP contribution is -2.35. The van der Waals surface area contributed by atoms with Crippen LogP contribution in [0.2, 0.25) is 0 Å². The van der Waals surface area contributed by atoms with Gasteiger partial charge in [-0.05, 0) is 44.9 Å². The average Bonchev–Trinajstić information content (AvgIpc) is 2.72. The van der Waals surface area contributed by atoms with E-state index < -0.39 is 0 Å². The molecule has 19 heavy (non-hydrogen) atoms. The molecule has 1 amide bonds. The van der Waals surface area contributed by atoms with Crippen molar-refractivity contribution >= 4 is 12.1 Å². The molecule has 1 saturated heterocycles. The number of rotatable bonds is 4. The second-order valence-corrected chi connectivity index (χ2v) is 5.35. The van der Waals surface area contributed by atoms with Crippen molar-refractivity contribution in [3.05, 3.63) is 0 Å². The van der Waals surface area contributed by atoms with Gasteiger partial charge in [-0.3, -0.25) is 4.79 Å². The zero-order chi connectivity index (χ0) is 13.8. The predicted molar refractivity (Wildman–Crippen MR) is 69.6 cm³/mol. The van der Waals surface area contributed by atoms with Gasteiger partial charge in [-0.25, -0.2) is 4.79 Å². The monoisotopic (exact) mass is 269 g/mol. The fourth-order valence-corrected chi connectivity index (χ4v) is 3.34. The Balaban J connectivity index is 1.90. The van der Waals surface area contributed by atoms with E-state index in [4.69, 9.17) is 9.47 Å². The molecule has 0 radical (unpaired) electrons. The fraction of sp³-hybridized carbons (Fsp3) is 0.857. The van der Waals surface area contributed by atoms with Crippen molar-refractivity contribution in [1.82, 2.24) is 4.90 Å². The number of fused-ring (bicyclic) bond motifs is 2. The third-order valence-electron chi connectivity index (χ3n) is 4.22. The molecule has 1 saturated carbocycles. The molecule has 1 aliphatic carbocycles. The van der Waals surface area contributed by atoms with Gasteiger partial charge in [0.15, 0.2) is 0 Å². The Morgan fingerprint density at radius 1 is 1.16 bits per heavy atom. The van der Waals surface area contributed by atoms with Crippen molar-refractivity contribution < 1.29 is 19.1 Å². The molecule has 0 spiro atoms. The van der Waals surface area contributed by atoms with Crippen molar-refractivity contribution in [2.75, 3.05) is 19.8 Å². The van der Waals surface area contributed by atoms with E-state index in [0.29, 0.717) is 37.5 Å². The topological polar surface area (TPSA) is 55.8 Å². The highest BCUT2D eigenvalue weighted by Crippen LogP contribution is 2.41. The van der Waals surface area contributed by atoms with Gasteiger partial charge in [0.05, 0.1) is 13.2 Å². The maximum atomic E-state index is 11.8. The van der Waals surface area contributed by atoms with Crippen molar-refractivity contribution in [3.8, 4) is 0 Å². The third-order valence-corrected chi connectivity index (χ3v) is 4.22. The number of likely N-dealkylation sites (tertiary alicyclic amines) is 1. The van der Waals surface area contributed by atoms with E-state index in [1.165, 1.54) is 0 Å². The number of nitrogens with zero attached hydrogens (tertiary/aromatic N) is 1. The Bertz CT molecular complexity index is 344. The summed E-state index contributed by atoms with van der Waals surface area (Å²) in [5.74, 6) is 0.669. The van der Waals surface area contributed by atoms with Crippen molar-refractivity contribution in [2.45, 2.75) is 45.6 Å². The number of ether oxygens (including phenoxy) is 2. The molecule has 5 heteroatoms. The number of carbonyl (C=O) groups excluding carboxylic acids is 2. The minimum absolute atomic E-state index is 0.111. The number of hydrogen-bond donors (Lipinski definition) is 0. The number of esters is 1. The van der Waals surface area contributed by atoms with E-state index in [0.717, 1.165) is 25.8 Å². The van der Waals surface area contributed by atoms with Crippen molar-refractivity contribution in [1.29, 1.82) is 0 Å². The summed E-state index contributed by atoms with van der Waals surface area (Å²) in [5, 5.41) is 0. The Morgan fingerprint density at radius 3 is 2.58 bits per heavy atom. The van der Waals surface area contributed by atoms with Crippen molar-refractivity contribution in [2.24, 2.45) is 11.8 Å². The van der Waals surface area contributed by atoms with E-state index >= 15 is 0 Å². The average molecular weight is 269 g/mol. The summed E-state index contributed by atoms with van der Waals surface area (Å²) in [5.41, 5.74) is 0. The predicted octanol–water partition coefficient (Wildman–Crippen LogP) is 2.20. The Kier molecular flexibility index (Phi) is 4.66. The van der Waals surface area contributed by atoms with Crippen LogP contribution in [0, 0.1) is 11.8 Å². The van der Waals surface area contributed by atoms with Crippen LogP contribution in [-0.4, -0.2) is 42.8 Å². The largest absolute Gasteiger partial charge is 0.466 e. The van der Waals surface area contributed by atoms with Crippen LogP contribution in [0.5, 0.6) is 0 Å². The van der Waals surface area contributed by atoms with Gasteiger partial charge in [-0.15, -0.1) is 0 Å². The van der Waals surface area contributed by atoms with Crippen LogP contribution < -0.4 is 0 Å². The third kappa shape index (κ3) is 3.19. The van der Waals surface area contributed by atoms with Crippen LogP contribution >= 0.6 is 0 Å². The summed E-state index contributed by atoms with van der Waals surface area (Å²) in [6, 6.07) is 0.308. The second kappa shape index (κ2) is 6.26. The van der Waals surface area contributed by atoms with Gasteiger partial charge < -0.3 is 14.4 Å². The number of amides is 1. The fourth-order valence-electron chi connectivity index (χ4n) is 3.34. The molecule has 1 aliphatic heterocycles. The van der Waals surface area contributed by atoms with Gasteiger partial charge >= 0.3 is 12.1 Å². The zero-order valence-corrected chi connectivity index (χ0v) is 11.8. The second-order valence-electron chi connectivity index (χ2n) is 5.35. The molecule has 5 nitrogen and oxygen atoms in total. The van der Waals surface area contributed by atoms with Crippen molar-refractivity contribution in [3.63, 3.8) is 0 Å². The summed E-state index contributed by atoms with van der Waals surface area (Å²) >= 11 is 0. The standard InChI is InChI=1S/C14H23NO4/c1-3-18-13(16)8-10-5-6-12-7-11(10)9-15(12)14(17)19-4-2/h10-12H,3-9H2,1-2H3. The number of carbonyl (C=O) groups is 2. The van der Waals surface area contributed by atoms with Gasteiger partial charge in [0.25, 0.3) is 0 Å². The molecule has 108 valence electrons. The minimum atomic E-state index is -0.202. The molecule has 2 fully saturated rings. The van der Waals surface area contributed by atoms with E-state index in [1.807, 2.05) is 18.7 Å². The molecule has 0 N–H and O–H groups in total. The summed E-state index contributed by atoms with van der Waals surface area (Å²) in [7, 11) is 0. The van der Waals surface area contributed by atoms with Crippen LogP contribution in [0.4, 0.5) is 4.79 Å². The summed E-state index contributed by atoms with van der Waals surface area (Å²) < 4.78 is 10.1. The molecule has 2 rings (SSSR count). The van der Waals surface area contributed by atoms with E-state index in [-0.39, 0.29) is 12.1 Å². The normalized spacial score (nSPS) is 29.2. The first-order valence-corrected chi connectivity index (χ1v) is 7.24. The summed E-state index contributed by atoms with van der Waals surface area (Å²) in [4.78, 5) is 25.3. The zero-order valence-electron chi connectivity index (χ0n) is 11.8.